The third kappa shape index (κ3) is 3.91. The average Bonchev–Trinajstić information content (AvgIpc) is 2.75. The van der Waals surface area contributed by atoms with E-state index in [9.17, 15) is 9.18 Å². The van der Waals surface area contributed by atoms with Crippen molar-refractivity contribution in [2.45, 2.75) is 25.2 Å². The molecule has 2 aromatic heterocycles. The Hall–Kier alpha value is -3.15. The van der Waals surface area contributed by atoms with Crippen molar-refractivity contribution in [2.75, 3.05) is 13.1 Å². The van der Waals surface area contributed by atoms with Crippen LogP contribution in [0.3, 0.4) is 0 Å². The van der Waals surface area contributed by atoms with Gasteiger partial charge >= 0.3 is 0 Å². The van der Waals surface area contributed by atoms with Gasteiger partial charge in [0.25, 0.3) is 0 Å². The van der Waals surface area contributed by atoms with Crippen LogP contribution in [0, 0.1) is 5.82 Å². The molecule has 0 spiro atoms. The van der Waals surface area contributed by atoms with Crippen molar-refractivity contribution in [1.82, 2.24) is 19.9 Å². The molecule has 1 unspecified atom stereocenters. The van der Waals surface area contributed by atoms with Crippen molar-refractivity contribution in [2.24, 2.45) is 0 Å². The first kappa shape index (κ1) is 18.2. The molecule has 3 aromatic rings. The minimum Gasteiger partial charge on any atom is -0.342 e. The van der Waals surface area contributed by atoms with E-state index in [1.165, 1.54) is 6.07 Å². The fourth-order valence-electron chi connectivity index (χ4n) is 3.72. The molecule has 28 heavy (non-hydrogen) atoms. The van der Waals surface area contributed by atoms with Crippen LogP contribution in [0.15, 0.2) is 61.2 Å². The quantitative estimate of drug-likeness (QED) is 0.698. The molecule has 5 nitrogen and oxygen atoms in total. The lowest BCUT2D eigenvalue weighted by molar-refractivity contribution is -0.131. The molecular weight excluding hydrogens is 355 g/mol. The number of hydrogen-bond donors (Lipinski definition) is 0. The Labute approximate surface area is 163 Å². The highest BCUT2D eigenvalue weighted by Crippen LogP contribution is 2.32. The minimum atomic E-state index is -0.315. The van der Waals surface area contributed by atoms with Crippen LogP contribution in [-0.2, 0) is 11.2 Å². The normalized spacial score (nSPS) is 16.8. The Bertz CT molecular complexity index is 964. The van der Waals surface area contributed by atoms with E-state index in [4.69, 9.17) is 0 Å². The highest BCUT2D eigenvalue weighted by atomic mass is 19.1. The van der Waals surface area contributed by atoms with Gasteiger partial charge in [-0.25, -0.2) is 4.39 Å². The number of likely N-dealkylation sites (tertiary alicyclic amines) is 1. The average molecular weight is 376 g/mol. The summed E-state index contributed by atoms with van der Waals surface area (Å²) in [6.07, 6.45) is 8.76. The summed E-state index contributed by atoms with van der Waals surface area (Å²) in [5.74, 6) is -0.200. The number of rotatable bonds is 4. The lowest BCUT2D eigenvalue weighted by Gasteiger charge is -2.33. The summed E-state index contributed by atoms with van der Waals surface area (Å²) in [6, 6.07) is 10.3. The van der Waals surface area contributed by atoms with Crippen molar-refractivity contribution in [3.8, 4) is 11.3 Å². The number of halogens is 1. The van der Waals surface area contributed by atoms with Crippen molar-refractivity contribution in [3.63, 3.8) is 0 Å². The number of piperidine rings is 1. The van der Waals surface area contributed by atoms with Gasteiger partial charge in [-0.1, -0.05) is 18.2 Å². The zero-order valence-electron chi connectivity index (χ0n) is 15.5. The number of carbonyl (C=O) groups is 1. The number of carbonyl (C=O) groups excluding carboxylic acids is 1. The predicted molar refractivity (Wildman–Crippen MR) is 104 cm³/mol. The molecule has 1 fully saturated rings. The lowest BCUT2D eigenvalue weighted by Crippen LogP contribution is -2.40. The van der Waals surface area contributed by atoms with Gasteiger partial charge in [-0.2, -0.15) is 0 Å². The van der Waals surface area contributed by atoms with Crippen LogP contribution in [0.25, 0.3) is 11.3 Å². The molecule has 0 aliphatic carbocycles. The first-order valence-corrected chi connectivity index (χ1v) is 9.45. The highest BCUT2D eigenvalue weighted by molar-refractivity contribution is 5.79. The fourth-order valence-corrected chi connectivity index (χ4v) is 3.72. The van der Waals surface area contributed by atoms with E-state index < -0.39 is 0 Å². The zero-order valence-corrected chi connectivity index (χ0v) is 15.5. The summed E-state index contributed by atoms with van der Waals surface area (Å²) in [7, 11) is 0. The first-order chi connectivity index (χ1) is 13.7. The molecule has 0 N–H and O–H groups in total. The molecule has 1 amide bonds. The third-order valence-corrected chi connectivity index (χ3v) is 5.09. The fraction of sp³-hybridized carbons (Fsp3) is 0.273. The van der Waals surface area contributed by atoms with E-state index in [2.05, 4.69) is 15.0 Å². The second kappa shape index (κ2) is 8.25. The van der Waals surface area contributed by atoms with E-state index in [0.717, 1.165) is 30.6 Å². The van der Waals surface area contributed by atoms with E-state index >= 15 is 0 Å². The summed E-state index contributed by atoms with van der Waals surface area (Å²) in [6.45, 7) is 1.30. The largest absolute Gasteiger partial charge is 0.342 e. The SMILES string of the molecule is O=C(Cc1cccnc1)N1CCCC(c2nccnc2-c2ccccc2F)C1. The number of benzene rings is 1. The van der Waals surface area contributed by atoms with Gasteiger partial charge in [0, 0.05) is 49.4 Å². The maximum Gasteiger partial charge on any atom is 0.227 e. The lowest BCUT2D eigenvalue weighted by atomic mass is 9.91. The molecule has 6 heteroatoms. The van der Waals surface area contributed by atoms with E-state index in [0.29, 0.717) is 24.2 Å². The highest BCUT2D eigenvalue weighted by Gasteiger charge is 2.28. The molecule has 1 atom stereocenters. The van der Waals surface area contributed by atoms with Crippen molar-refractivity contribution < 1.29 is 9.18 Å². The Balaban J connectivity index is 1.56. The molecule has 1 saturated heterocycles. The molecule has 1 aromatic carbocycles. The standard InChI is InChI=1S/C22H21FN4O/c23-19-8-2-1-7-18(19)22-21(25-10-11-26-22)17-6-4-12-27(15-17)20(28)13-16-5-3-9-24-14-16/h1-3,5,7-11,14,17H,4,6,12-13,15H2. The van der Waals surface area contributed by atoms with Gasteiger partial charge in [0.15, 0.2) is 0 Å². The molecule has 0 radical (unpaired) electrons. The summed E-state index contributed by atoms with van der Waals surface area (Å²) in [4.78, 5) is 27.6. The number of hydrogen-bond acceptors (Lipinski definition) is 4. The van der Waals surface area contributed by atoms with Gasteiger partial charge in [0.2, 0.25) is 5.91 Å². The molecule has 0 saturated carbocycles. The van der Waals surface area contributed by atoms with E-state index in [-0.39, 0.29) is 17.6 Å². The Morgan fingerprint density at radius 2 is 1.96 bits per heavy atom. The van der Waals surface area contributed by atoms with Gasteiger partial charge in [-0.3, -0.25) is 19.7 Å². The maximum absolute atomic E-state index is 14.3. The maximum atomic E-state index is 14.3. The van der Waals surface area contributed by atoms with Crippen LogP contribution >= 0.6 is 0 Å². The Morgan fingerprint density at radius 3 is 2.79 bits per heavy atom. The predicted octanol–water partition coefficient (Wildman–Crippen LogP) is 3.63. The molecular formula is C22H21FN4O. The second-order valence-electron chi connectivity index (χ2n) is 6.99. The van der Waals surface area contributed by atoms with Gasteiger partial charge in [-0.15, -0.1) is 0 Å². The smallest absolute Gasteiger partial charge is 0.227 e. The van der Waals surface area contributed by atoms with Gasteiger partial charge in [0.1, 0.15) is 5.82 Å². The molecule has 142 valence electrons. The summed E-state index contributed by atoms with van der Waals surface area (Å²) in [5.41, 5.74) is 2.67. The zero-order chi connectivity index (χ0) is 19.3. The van der Waals surface area contributed by atoms with Crippen LogP contribution in [0.5, 0.6) is 0 Å². The van der Waals surface area contributed by atoms with Crippen LogP contribution < -0.4 is 0 Å². The first-order valence-electron chi connectivity index (χ1n) is 9.45. The number of aromatic nitrogens is 3. The molecule has 1 aliphatic heterocycles. The van der Waals surface area contributed by atoms with Crippen molar-refractivity contribution in [1.29, 1.82) is 0 Å². The number of nitrogens with zero attached hydrogens (tertiary/aromatic N) is 4. The minimum absolute atomic E-state index is 0.0369. The second-order valence-corrected chi connectivity index (χ2v) is 6.99. The topological polar surface area (TPSA) is 59.0 Å². The van der Waals surface area contributed by atoms with Crippen LogP contribution in [0.4, 0.5) is 4.39 Å². The van der Waals surface area contributed by atoms with E-state index in [1.807, 2.05) is 17.0 Å². The van der Waals surface area contributed by atoms with E-state index in [1.54, 1.807) is 43.0 Å². The molecule has 1 aliphatic rings. The van der Waals surface area contributed by atoms with Crippen molar-refractivity contribution >= 4 is 5.91 Å². The number of amides is 1. The van der Waals surface area contributed by atoms with Crippen LogP contribution in [-0.4, -0.2) is 38.8 Å². The number of pyridine rings is 1. The summed E-state index contributed by atoms with van der Waals surface area (Å²) in [5, 5.41) is 0. The van der Waals surface area contributed by atoms with Gasteiger partial charge < -0.3 is 4.90 Å². The molecule has 3 heterocycles. The Morgan fingerprint density at radius 1 is 1.11 bits per heavy atom. The van der Waals surface area contributed by atoms with Gasteiger partial charge in [0.05, 0.1) is 17.8 Å². The Kier molecular flexibility index (Phi) is 5.37. The van der Waals surface area contributed by atoms with Gasteiger partial charge in [-0.05, 0) is 36.6 Å². The van der Waals surface area contributed by atoms with Crippen LogP contribution in [0.1, 0.15) is 30.0 Å². The molecule has 0 bridgehead atoms. The summed E-state index contributed by atoms with van der Waals surface area (Å²) >= 11 is 0. The summed E-state index contributed by atoms with van der Waals surface area (Å²) < 4.78 is 14.3. The van der Waals surface area contributed by atoms with Crippen molar-refractivity contribution in [3.05, 3.63) is 78.3 Å². The molecule has 4 rings (SSSR count). The van der Waals surface area contributed by atoms with Crippen LogP contribution in [0.2, 0.25) is 0 Å². The monoisotopic (exact) mass is 376 g/mol. The third-order valence-electron chi connectivity index (χ3n) is 5.09.